The Morgan fingerprint density at radius 3 is 2.68 bits per heavy atom. The lowest BCUT2D eigenvalue weighted by Gasteiger charge is -2.24. The fourth-order valence-electron chi connectivity index (χ4n) is 2.23. The maximum Gasteiger partial charge on any atom is 0.163 e. The predicted molar refractivity (Wildman–Crippen MR) is 76.2 cm³/mol. The van der Waals surface area contributed by atoms with Gasteiger partial charge in [0.1, 0.15) is 0 Å². The van der Waals surface area contributed by atoms with Crippen LogP contribution in [0.1, 0.15) is 26.7 Å². The Bertz CT molecular complexity index is 389. The molecule has 0 bridgehead atoms. The minimum Gasteiger partial charge on any atom is -0.490 e. The van der Waals surface area contributed by atoms with Gasteiger partial charge >= 0.3 is 0 Å². The zero-order chi connectivity index (χ0) is 13.5. The van der Waals surface area contributed by atoms with Crippen LogP contribution in [0.25, 0.3) is 0 Å². The van der Waals surface area contributed by atoms with Crippen molar-refractivity contribution >= 4 is 5.69 Å². The van der Waals surface area contributed by atoms with Crippen molar-refractivity contribution in [2.75, 3.05) is 31.7 Å². The average molecular weight is 265 g/mol. The van der Waals surface area contributed by atoms with E-state index in [-0.39, 0.29) is 0 Å². The summed E-state index contributed by atoms with van der Waals surface area (Å²) in [6.07, 6.45) is 2.27. The molecule has 106 valence electrons. The minimum atomic E-state index is 0.390. The number of hydrogen-bond acceptors (Lipinski definition) is 4. The van der Waals surface area contributed by atoms with Gasteiger partial charge in [-0.2, -0.15) is 0 Å². The van der Waals surface area contributed by atoms with E-state index in [0.717, 1.165) is 43.2 Å². The highest BCUT2D eigenvalue weighted by atomic mass is 16.5. The summed E-state index contributed by atoms with van der Waals surface area (Å²) in [5, 5.41) is 3.49. The number of rotatable bonds is 6. The summed E-state index contributed by atoms with van der Waals surface area (Å²) in [5.74, 6) is 1.60. The summed E-state index contributed by atoms with van der Waals surface area (Å²) >= 11 is 0. The van der Waals surface area contributed by atoms with E-state index in [4.69, 9.17) is 14.2 Å². The van der Waals surface area contributed by atoms with Gasteiger partial charge in [0, 0.05) is 24.4 Å². The minimum absolute atomic E-state index is 0.390. The molecule has 1 atom stereocenters. The Balaban J connectivity index is 2.05. The first-order valence-corrected chi connectivity index (χ1v) is 7.07. The van der Waals surface area contributed by atoms with E-state index < -0.39 is 0 Å². The molecule has 0 radical (unpaired) electrons. The Morgan fingerprint density at radius 1 is 1.21 bits per heavy atom. The fourth-order valence-corrected chi connectivity index (χ4v) is 2.23. The number of benzene rings is 1. The molecule has 4 heteroatoms. The van der Waals surface area contributed by atoms with Crippen LogP contribution >= 0.6 is 0 Å². The Hall–Kier alpha value is -1.42. The van der Waals surface area contributed by atoms with Crippen molar-refractivity contribution in [1.82, 2.24) is 0 Å². The van der Waals surface area contributed by atoms with Crippen LogP contribution in [-0.2, 0) is 4.74 Å². The molecule has 4 nitrogen and oxygen atoms in total. The van der Waals surface area contributed by atoms with E-state index in [2.05, 4.69) is 5.32 Å². The third-order valence-electron chi connectivity index (χ3n) is 3.07. The normalized spacial score (nSPS) is 18.9. The van der Waals surface area contributed by atoms with Gasteiger partial charge in [-0.05, 0) is 38.8 Å². The van der Waals surface area contributed by atoms with Gasteiger partial charge in [-0.25, -0.2) is 0 Å². The van der Waals surface area contributed by atoms with Crippen LogP contribution < -0.4 is 14.8 Å². The molecule has 1 saturated heterocycles. The second-order valence-electron chi connectivity index (χ2n) is 4.59. The summed E-state index contributed by atoms with van der Waals surface area (Å²) < 4.78 is 16.7. The zero-order valence-electron chi connectivity index (χ0n) is 11.8. The summed E-state index contributed by atoms with van der Waals surface area (Å²) in [5.41, 5.74) is 1.06. The lowest BCUT2D eigenvalue weighted by molar-refractivity contribution is 0.0876. The van der Waals surface area contributed by atoms with Gasteiger partial charge in [-0.3, -0.25) is 0 Å². The van der Waals surface area contributed by atoms with E-state index in [0.29, 0.717) is 19.3 Å². The maximum atomic E-state index is 5.62. The van der Waals surface area contributed by atoms with Crippen LogP contribution in [0, 0.1) is 0 Å². The highest BCUT2D eigenvalue weighted by Crippen LogP contribution is 2.31. The van der Waals surface area contributed by atoms with Crippen LogP contribution in [0.3, 0.4) is 0 Å². The lowest BCUT2D eigenvalue weighted by Crippen LogP contribution is -2.29. The van der Waals surface area contributed by atoms with Crippen LogP contribution in [0.2, 0.25) is 0 Å². The molecule has 1 aliphatic rings. The van der Waals surface area contributed by atoms with Gasteiger partial charge in [-0.1, -0.05) is 0 Å². The third-order valence-corrected chi connectivity index (χ3v) is 3.07. The quantitative estimate of drug-likeness (QED) is 0.858. The van der Waals surface area contributed by atoms with Crippen LogP contribution in [-0.4, -0.2) is 32.5 Å². The van der Waals surface area contributed by atoms with Crippen molar-refractivity contribution in [3.05, 3.63) is 18.2 Å². The van der Waals surface area contributed by atoms with Crippen LogP contribution in [0.4, 0.5) is 5.69 Å². The molecule has 1 unspecified atom stereocenters. The highest BCUT2D eigenvalue weighted by molar-refractivity contribution is 5.55. The van der Waals surface area contributed by atoms with E-state index in [1.165, 1.54) is 0 Å². The van der Waals surface area contributed by atoms with Crippen molar-refractivity contribution in [3.63, 3.8) is 0 Å². The van der Waals surface area contributed by atoms with Crippen molar-refractivity contribution in [1.29, 1.82) is 0 Å². The van der Waals surface area contributed by atoms with Crippen LogP contribution in [0.5, 0.6) is 11.5 Å². The summed E-state index contributed by atoms with van der Waals surface area (Å²) in [6.45, 7) is 6.88. The molecule has 0 amide bonds. The molecule has 0 saturated carbocycles. The SMILES string of the molecule is CCOc1ccc(NC2CCCOC2)cc1OCC. The third kappa shape index (κ3) is 4.03. The molecule has 0 spiro atoms. The number of anilines is 1. The Labute approximate surface area is 115 Å². The second kappa shape index (κ2) is 7.24. The van der Waals surface area contributed by atoms with Gasteiger partial charge in [0.25, 0.3) is 0 Å². The number of ether oxygens (including phenoxy) is 3. The second-order valence-corrected chi connectivity index (χ2v) is 4.59. The van der Waals surface area contributed by atoms with Gasteiger partial charge in [0.2, 0.25) is 0 Å². The molecule has 1 heterocycles. The molecular weight excluding hydrogens is 242 g/mol. The molecule has 1 aromatic carbocycles. The zero-order valence-corrected chi connectivity index (χ0v) is 11.8. The monoisotopic (exact) mass is 265 g/mol. The molecule has 1 aromatic rings. The van der Waals surface area contributed by atoms with E-state index >= 15 is 0 Å². The maximum absolute atomic E-state index is 5.62. The first-order valence-electron chi connectivity index (χ1n) is 7.07. The predicted octanol–water partition coefficient (Wildman–Crippen LogP) is 3.07. The smallest absolute Gasteiger partial charge is 0.163 e. The molecule has 1 aliphatic heterocycles. The van der Waals surface area contributed by atoms with Crippen molar-refractivity contribution in [3.8, 4) is 11.5 Å². The van der Waals surface area contributed by atoms with Gasteiger partial charge in [0.15, 0.2) is 11.5 Å². The van der Waals surface area contributed by atoms with Gasteiger partial charge in [0.05, 0.1) is 19.8 Å². The van der Waals surface area contributed by atoms with Crippen molar-refractivity contribution < 1.29 is 14.2 Å². The van der Waals surface area contributed by atoms with E-state index in [1.807, 2.05) is 32.0 Å². The first kappa shape index (κ1) is 14.0. The average Bonchev–Trinajstić information content (AvgIpc) is 2.43. The molecule has 0 aliphatic carbocycles. The molecule has 1 fully saturated rings. The van der Waals surface area contributed by atoms with E-state index in [9.17, 15) is 0 Å². The summed E-state index contributed by atoms with van der Waals surface area (Å²) in [6, 6.07) is 6.38. The molecule has 19 heavy (non-hydrogen) atoms. The summed E-state index contributed by atoms with van der Waals surface area (Å²) in [4.78, 5) is 0. The number of nitrogens with one attached hydrogen (secondary N) is 1. The largest absolute Gasteiger partial charge is 0.490 e. The fraction of sp³-hybridized carbons (Fsp3) is 0.600. The lowest BCUT2D eigenvalue weighted by atomic mass is 10.1. The topological polar surface area (TPSA) is 39.7 Å². The van der Waals surface area contributed by atoms with Gasteiger partial charge < -0.3 is 19.5 Å². The Morgan fingerprint density at radius 2 is 2.00 bits per heavy atom. The summed E-state index contributed by atoms with van der Waals surface area (Å²) in [7, 11) is 0. The van der Waals surface area contributed by atoms with Crippen molar-refractivity contribution in [2.45, 2.75) is 32.7 Å². The molecular formula is C15H23NO3. The standard InChI is InChI=1S/C15H23NO3/c1-3-18-14-8-7-12(10-15(14)19-4-2)16-13-6-5-9-17-11-13/h7-8,10,13,16H,3-6,9,11H2,1-2H3. The molecule has 2 rings (SSSR count). The number of hydrogen-bond donors (Lipinski definition) is 1. The molecule has 0 aromatic heterocycles. The van der Waals surface area contributed by atoms with Crippen LogP contribution in [0.15, 0.2) is 18.2 Å². The Kier molecular flexibility index (Phi) is 5.33. The molecule has 1 N–H and O–H groups in total. The highest BCUT2D eigenvalue weighted by Gasteiger charge is 2.14. The van der Waals surface area contributed by atoms with Crippen molar-refractivity contribution in [2.24, 2.45) is 0 Å². The first-order chi connectivity index (χ1) is 9.33. The van der Waals surface area contributed by atoms with E-state index in [1.54, 1.807) is 0 Å². The van der Waals surface area contributed by atoms with Gasteiger partial charge in [-0.15, -0.1) is 0 Å².